The zero-order valence-electron chi connectivity index (χ0n) is 15.3. The fraction of sp³-hybridized carbons (Fsp3) is 0.429. The summed E-state index contributed by atoms with van der Waals surface area (Å²) in [5, 5.41) is 8.97. The zero-order valence-corrected chi connectivity index (χ0v) is 15.3. The second-order valence-electron chi connectivity index (χ2n) is 7.65. The van der Waals surface area contributed by atoms with E-state index in [0.717, 1.165) is 50.3 Å². The normalized spacial score (nSPS) is 22.7. The van der Waals surface area contributed by atoms with E-state index < -0.39 is 0 Å². The van der Waals surface area contributed by atoms with Crippen LogP contribution in [-0.4, -0.2) is 40.4 Å². The van der Waals surface area contributed by atoms with E-state index in [0.29, 0.717) is 18.5 Å². The molecule has 6 nitrogen and oxygen atoms in total. The number of likely N-dealkylation sites (tertiary alicyclic amines) is 1. The topological polar surface area (TPSA) is 73.1 Å². The molecule has 1 spiro atoms. The van der Waals surface area contributed by atoms with Gasteiger partial charge in [0.15, 0.2) is 0 Å². The summed E-state index contributed by atoms with van der Waals surface area (Å²) in [4.78, 5) is 25.3. The number of nitrogens with zero attached hydrogens (tertiary/aromatic N) is 5. The van der Waals surface area contributed by atoms with Gasteiger partial charge in [0.2, 0.25) is 5.91 Å². The molecule has 4 rings (SSSR count). The number of aromatic nitrogens is 2. The molecule has 2 aliphatic rings. The van der Waals surface area contributed by atoms with Crippen LogP contribution in [0.25, 0.3) is 0 Å². The van der Waals surface area contributed by atoms with Crippen LogP contribution >= 0.6 is 0 Å². The van der Waals surface area contributed by atoms with Crippen molar-refractivity contribution in [3.63, 3.8) is 0 Å². The summed E-state index contributed by atoms with van der Waals surface area (Å²) in [6, 6.07) is 9.82. The Hall–Kier alpha value is -2.94. The van der Waals surface area contributed by atoms with E-state index in [1.54, 1.807) is 18.6 Å². The molecule has 2 fully saturated rings. The van der Waals surface area contributed by atoms with Crippen molar-refractivity contribution in [1.82, 2.24) is 14.9 Å². The molecule has 0 radical (unpaired) electrons. The number of carbonyl (C=O) groups is 1. The Kier molecular flexibility index (Phi) is 4.76. The van der Waals surface area contributed by atoms with Crippen molar-refractivity contribution in [3.05, 3.63) is 54.0 Å². The average Bonchev–Trinajstić information content (AvgIpc) is 2.72. The predicted molar refractivity (Wildman–Crippen MR) is 102 cm³/mol. The summed E-state index contributed by atoms with van der Waals surface area (Å²) in [6.45, 7) is 3.32. The second-order valence-corrected chi connectivity index (χ2v) is 7.65. The van der Waals surface area contributed by atoms with Crippen molar-refractivity contribution in [2.24, 2.45) is 5.41 Å². The van der Waals surface area contributed by atoms with Crippen LogP contribution in [0.2, 0.25) is 0 Å². The molecule has 0 N–H and O–H groups in total. The molecular weight excluding hydrogens is 338 g/mol. The van der Waals surface area contributed by atoms with Gasteiger partial charge in [-0.25, -0.2) is 4.98 Å². The summed E-state index contributed by atoms with van der Waals surface area (Å²) in [5.41, 5.74) is 1.82. The number of amides is 1. The highest BCUT2D eigenvalue weighted by molar-refractivity contribution is 5.77. The van der Waals surface area contributed by atoms with Crippen molar-refractivity contribution < 1.29 is 4.79 Å². The van der Waals surface area contributed by atoms with Crippen LogP contribution in [0, 0.1) is 16.7 Å². The first-order chi connectivity index (χ1) is 13.2. The molecule has 0 aliphatic carbocycles. The third-order valence-corrected chi connectivity index (χ3v) is 5.73. The number of hydrogen-bond donors (Lipinski definition) is 0. The molecule has 0 saturated carbocycles. The lowest BCUT2D eigenvalue weighted by molar-refractivity contribution is -0.138. The third kappa shape index (κ3) is 3.77. The van der Waals surface area contributed by atoms with E-state index in [-0.39, 0.29) is 11.3 Å². The minimum atomic E-state index is 0.120. The smallest absolute Gasteiger partial charge is 0.222 e. The van der Waals surface area contributed by atoms with Gasteiger partial charge in [-0.15, -0.1) is 0 Å². The minimum Gasteiger partial charge on any atom is -0.356 e. The summed E-state index contributed by atoms with van der Waals surface area (Å²) in [6.07, 6.45) is 8.97. The lowest BCUT2D eigenvalue weighted by atomic mass is 9.73. The van der Waals surface area contributed by atoms with Gasteiger partial charge in [0, 0.05) is 56.6 Å². The predicted octanol–water partition coefficient (Wildman–Crippen LogP) is 2.76. The maximum Gasteiger partial charge on any atom is 0.222 e. The van der Waals surface area contributed by atoms with Crippen molar-refractivity contribution in [2.45, 2.75) is 32.2 Å². The summed E-state index contributed by atoms with van der Waals surface area (Å²) < 4.78 is 0. The lowest BCUT2D eigenvalue weighted by Crippen LogP contribution is -2.54. The van der Waals surface area contributed by atoms with E-state index in [4.69, 9.17) is 5.26 Å². The van der Waals surface area contributed by atoms with Gasteiger partial charge in [-0.3, -0.25) is 9.78 Å². The maximum absolute atomic E-state index is 12.5. The van der Waals surface area contributed by atoms with Crippen molar-refractivity contribution in [3.8, 4) is 6.07 Å². The van der Waals surface area contributed by atoms with Crippen molar-refractivity contribution in [2.75, 3.05) is 24.5 Å². The Balaban J connectivity index is 1.49. The van der Waals surface area contributed by atoms with Crippen LogP contribution < -0.4 is 4.90 Å². The van der Waals surface area contributed by atoms with Gasteiger partial charge in [-0.2, -0.15) is 5.26 Å². The van der Waals surface area contributed by atoms with Crippen molar-refractivity contribution >= 4 is 11.7 Å². The molecule has 138 valence electrons. The molecule has 4 heterocycles. The van der Waals surface area contributed by atoms with E-state index in [1.165, 1.54) is 0 Å². The van der Waals surface area contributed by atoms with Gasteiger partial charge < -0.3 is 9.80 Å². The molecule has 1 atom stereocenters. The number of rotatable bonds is 3. The molecule has 0 aromatic carbocycles. The Bertz CT molecular complexity index is 845. The second kappa shape index (κ2) is 7.36. The van der Waals surface area contributed by atoms with Crippen LogP contribution in [0.3, 0.4) is 0 Å². The van der Waals surface area contributed by atoms with Crippen LogP contribution in [0.15, 0.2) is 42.9 Å². The number of carbonyl (C=O) groups excluding carboxylic acids is 1. The fourth-order valence-corrected chi connectivity index (χ4v) is 4.33. The monoisotopic (exact) mass is 361 g/mol. The number of anilines is 1. The quantitative estimate of drug-likeness (QED) is 0.840. The molecule has 2 aliphatic heterocycles. The highest BCUT2D eigenvalue weighted by atomic mass is 16.2. The Morgan fingerprint density at radius 3 is 2.74 bits per heavy atom. The standard InChI is InChI=1S/C21H23N5O/c22-12-18-2-3-19(24-13-18)25-11-1-7-21(15-25)8-4-20(27)26(16-21)14-17-5-9-23-10-6-17/h2-3,5-6,9-10,13H,1,4,7-8,11,14-16H2/t21-/m1/s1. The van der Waals surface area contributed by atoms with E-state index in [9.17, 15) is 4.79 Å². The molecule has 2 aromatic rings. The van der Waals surface area contributed by atoms with E-state index >= 15 is 0 Å². The molecule has 2 aromatic heterocycles. The highest BCUT2D eigenvalue weighted by Gasteiger charge is 2.41. The fourth-order valence-electron chi connectivity index (χ4n) is 4.33. The van der Waals surface area contributed by atoms with E-state index in [2.05, 4.69) is 20.9 Å². The van der Waals surface area contributed by atoms with Gasteiger partial charge in [-0.05, 0) is 49.1 Å². The summed E-state index contributed by atoms with van der Waals surface area (Å²) >= 11 is 0. The van der Waals surface area contributed by atoms with Gasteiger partial charge in [-0.1, -0.05) is 0 Å². The average molecular weight is 361 g/mol. The first-order valence-electron chi connectivity index (χ1n) is 9.45. The van der Waals surface area contributed by atoms with Gasteiger partial charge in [0.25, 0.3) is 0 Å². The lowest BCUT2D eigenvalue weighted by Gasteiger charge is -2.48. The van der Waals surface area contributed by atoms with Gasteiger partial charge in [0.1, 0.15) is 11.9 Å². The number of nitriles is 1. The first-order valence-corrected chi connectivity index (χ1v) is 9.45. The molecule has 2 saturated heterocycles. The third-order valence-electron chi connectivity index (χ3n) is 5.73. The van der Waals surface area contributed by atoms with Crippen molar-refractivity contribution in [1.29, 1.82) is 5.26 Å². The largest absolute Gasteiger partial charge is 0.356 e. The minimum absolute atomic E-state index is 0.120. The maximum atomic E-state index is 12.5. The molecule has 0 unspecified atom stereocenters. The van der Waals surface area contributed by atoms with Gasteiger partial charge in [0.05, 0.1) is 5.56 Å². The zero-order chi connectivity index (χ0) is 18.7. The van der Waals surface area contributed by atoms with Crippen LogP contribution in [0.4, 0.5) is 5.82 Å². The number of piperidine rings is 2. The summed E-state index contributed by atoms with van der Waals surface area (Å²) in [5.74, 6) is 1.16. The Labute approximate surface area is 159 Å². The summed E-state index contributed by atoms with van der Waals surface area (Å²) in [7, 11) is 0. The molecule has 0 bridgehead atoms. The van der Waals surface area contributed by atoms with Gasteiger partial charge >= 0.3 is 0 Å². The number of hydrogen-bond acceptors (Lipinski definition) is 5. The van der Waals surface area contributed by atoms with Crippen LogP contribution in [-0.2, 0) is 11.3 Å². The number of pyridine rings is 2. The Morgan fingerprint density at radius 1 is 1.15 bits per heavy atom. The SMILES string of the molecule is N#Cc1ccc(N2CCC[C@@]3(CCC(=O)N(Cc4ccncc4)C3)C2)nc1. The Morgan fingerprint density at radius 2 is 2.00 bits per heavy atom. The van der Waals surface area contributed by atoms with Crippen LogP contribution in [0.5, 0.6) is 0 Å². The molecule has 1 amide bonds. The first kappa shape index (κ1) is 17.5. The molecule has 27 heavy (non-hydrogen) atoms. The van der Waals surface area contributed by atoms with Crippen LogP contribution in [0.1, 0.15) is 36.8 Å². The molecular formula is C21H23N5O. The molecule has 6 heteroatoms. The van der Waals surface area contributed by atoms with E-state index in [1.807, 2.05) is 29.2 Å². The highest BCUT2D eigenvalue weighted by Crippen LogP contribution is 2.40.